The van der Waals surface area contributed by atoms with E-state index < -0.39 is 15.0 Å². The predicted octanol–water partition coefficient (Wildman–Crippen LogP) is 3.15. The lowest BCUT2D eigenvalue weighted by molar-refractivity contribution is 0.107. The van der Waals surface area contributed by atoms with Crippen LogP contribution in [0.2, 0.25) is 0 Å². The maximum Gasteiger partial charge on any atom is 0.276 e. The molecule has 0 fully saturated rings. The summed E-state index contributed by atoms with van der Waals surface area (Å²) in [6.45, 7) is 0.375. The topological polar surface area (TPSA) is 86.5 Å². The van der Waals surface area contributed by atoms with Crippen molar-refractivity contribution in [2.24, 2.45) is 0 Å². The molecule has 1 aromatic heterocycles. The van der Waals surface area contributed by atoms with Crippen LogP contribution in [-0.4, -0.2) is 31.4 Å². The van der Waals surface area contributed by atoms with Crippen LogP contribution in [-0.2, 0) is 16.3 Å². The summed E-state index contributed by atoms with van der Waals surface area (Å²) < 4.78 is 33.6. The van der Waals surface area contributed by atoms with Gasteiger partial charge in [0.05, 0.1) is 12.3 Å². The Kier molecular flexibility index (Phi) is 5.18. The highest BCUT2D eigenvalue weighted by atomic mass is 32.2. The van der Waals surface area contributed by atoms with E-state index in [9.17, 15) is 13.2 Å². The second-order valence-corrected chi connectivity index (χ2v) is 7.61. The summed E-state index contributed by atoms with van der Waals surface area (Å²) in [6, 6.07) is 15.6. The molecular weight excluding hydrogens is 354 g/mol. The average Bonchev–Trinajstić information content (AvgIpc) is 3.11. The molecule has 0 spiro atoms. The molecular formula is C19H17NO5S. The van der Waals surface area contributed by atoms with Crippen LogP contribution in [0.1, 0.15) is 16.1 Å². The van der Waals surface area contributed by atoms with Crippen LogP contribution in [0.3, 0.4) is 0 Å². The molecule has 26 heavy (non-hydrogen) atoms. The molecule has 0 unspecified atom stereocenters. The van der Waals surface area contributed by atoms with E-state index in [1.54, 1.807) is 18.4 Å². The van der Waals surface area contributed by atoms with Gasteiger partial charge in [0.2, 0.25) is 15.7 Å². The largest absolute Gasteiger partial charge is 0.493 e. The Morgan fingerprint density at radius 3 is 2.42 bits per heavy atom. The molecule has 0 N–H and O–H groups in total. The molecule has 1 heterocycles. The zero-order valence-corrected chi connectivity index (χ0v) is 14.9. The molecule has 134 valence electrons. The Labute approximate surface area is 151 Å². The number of benzene rings is 2. The van der Waals surface area contributed by atoms with Gasteiger partial charge in [-0.15, -0.1) is 0 Å². The predicted molar refractivity (Wildman–Crippen MR) is 96.8 cm³/mol. The molecule has 6 nitrogen and oxygen atoms in total. The normalized spacial score (nSPS) is 11.3. The highest BCUT2D eigenvalue weighted by molar-refractivity contribution is 8.06. The first kappa shape index (κ1) is 17.9. The second-order valence-electron chi connectivity index (χ2n) is 5.69. The summed E-state index contributed by atoms with van der Waals surface area (Å²) in [7, 11) is -3.74. The Morgan fingerprint density at radius 1 is 1.08 bits per heavy atom. The standard InChI is InChI=1S/C19H17NO5S/c1-26(22,23)19(21)15-7-9-17(10-8-15)24-12-11-16-13-25-18(20-16)14-5-3-2-4-6-14/h2-10,13H,11-12H2,1H3. The minimum atomic E-state index is -3.74. The minimum absolute atomic E-state index is 0.115. The van der Waals surface area contributed by atoms with Crippen molar-refractivity contribution in [3.05, 3.63) is 72.1 Å². The molecule has 0 aliphatic rings. The number of nitrogens with zero attached hydrogens (tertiary/aromatic N) is 1. The van der Waals surface area contributed by atoms with Gasteiger partial charge in [0.25, 0.3) is 5.12 Å². The van der Waals surface area contributed by atoms with Gasteiger partial charge in [-0.25, -0.2) is 13.4 Å². The fraction of sp³-hybridized carbons (Fsp3) is 0.158. The maximum absolute atomic E-state index is 11.6. The van der Waals surface area contributed by atoms with Crippen LogP contribution in [0.4, 0.5) is 0 Å². The minimum Gasteiger partial charge on any atom is -0.493 e. The molecule has 0 aliphatic carbocycles. The van der Waals surface area contributed by atoms with E-state index in [1.165, 1.54) is 12.1 Å². The van der Waals surface area contributed by atoms with Crippen molar-refractivity contribution in [1.29, 1.82) is 0 Å². The van der Waals surface area contributed by atoms with Crippen LogP contribution in [0, 0.1) is 0 Å². The van der Waals surface area contributed by atoms with E-state index in [2.05, 4.69) is 4.98 Å². The highest BCUT2D eigenvalue weighted by Crippen LogP contribution is 2.19. The maximum atomic E-state index is 11.6. The molecule has 0 bridgehead atoms. The van der Waals surface area contributed by atoms with E-state index in [4.69, 9.17) is 9.15 Å². The fourth-order valence-electron chi connectivity index (χ4n) is 2.31. The van der Waals surface area contributed by atoms with E-state index in [-0.39, 0.29) is 5.56 Å². The van der Waals surface area contributed by atoms with Gasteiger partial charge < -0.3 is 9.15 Å². The van der Waals surface area contributed by atoms with Crippen LogP contribution < -0.4 is 4.74 Å². The van der Waals surface area contributed by atoms with Gasteiger partial charge in [-0.3, -0.25) is 4.79 Å². The quantitative estimate of drug-likeness (QED) is 0.662. The van der Waals surface area contributed by atoms with Crippen molar-refractivity contribution in [2.75, 3.05) is 12.9 Å². The lowest BCUT2D eigenvalue weighted by Gasteiger charge is -2.05. The lowest BCUT2D eigenvalue weighted by Crippen LogP contribution is -2.12. The number of sulfone groups is 1. The average molecular weight is 371 g/mol. The summed E-state index contributed by atoms with van der Waals surface area (Å²) in [6.07, 6.45) is 3.04. The van der Waals surface area contributed by atoms with Crippen molar-refractivity contribution in [2.45, 2.75) is 6.42 Å². The molecule has 0 aliphatic heterocycles. The smallest absolute Gasteiger partial charge is 0.276 e. The third-order valence-corrected chi connectivity index (χ3v) is 4.54. The van der Waals surface area contributed by atoms with Crippen molar-refractivity contribution < 1.29 is 22.4 Å². The Morgan fingerprint density at radius 2 is 1.77 bits per heavy atom. The molecule has 2 aromatic carbocycles. The van der Waals surface area contributed by atoms with Gasteiger partial charge in [0.1, 0.15) is 12.0 Å². The second kappa shape index (κ2) is 7.53. The van der Waals surface area contributed by atoms with Gasteiger partial charge >= 0.3 is 0 Å². The molecule has 0 saturated heterocycles. The van der Waals surface area contributed by atoms with Gasteiger partial charge in [-0.1, -0.05) is 18.2 Å². The van der Waals surface area contributed by atoms with Gasteiger partial charge in [-0.05, 0) is 36.4 Å². The number of carbonyl (C=O) groups excluding carboxylic acids is 1. The van der Waals surface area contributed by atoms with E-state index >= 15 is 0 Å². The van der Waals surface area contributed by atoms with E-state index in [0.29, 0.717) is 24.7 Å². The van der Waals surface area contributed by atoms with Crippen molar-refractivity contribution in [3.8, 4) is 17.2 Å². The van der Waals surface area contributed by atoms with E-state index in [0.717, 1.165) is 17.5 Å². The van der Waals surface area contributed by atoms with E-state index in [1.807, 2.05) is 30.3 Å². The van der Waals surface area contributed by atoms with Gasteiger partial charge in [0.15, 0.2) is 0 Å². The lowest BCUT2D eigenvalue weighted by atomic mass is 10.2. The summed E-state index contributed by atoms with van der Waals surface area (Å²) >= 11 is 0. The molecule has 0 radical (unpaired) electrons. The number of hydrogen-bond acceptors (Lipinski definition) is 6. The highest BCUT2D eigenvalue weighted by Gasteiger charge is 2.17. The van der Waals surface area contributed by atoms with Crippen LogP contribution in [0.15, 0.2) is 65.3 Å². The molecule has 0 amide bonds. The first-order valence-electron chi connectivity index (χ1n) is 7.90. The zero-order chi connectivity index (χ0) is 18.6. The fourth-order valence-corrected chi connectivity index (χ4v) is 2.87. The molecule has 0 saturated carbocycles. The molecule has 7 heteroatoms. The van der Waals surface area contributed by atoms with Crippen molar-refractivity contribution in [3.63, 3.8) is 0 Å². The van der Waals surface area contributed by atoms with Gasteiger partial charge in [0, 0.05) is 23.8 Å². The van der Waals surface area contributed by atoms with Crippen LogP contribution >= 0.6 is 0 Å². The summed E-state index contributed by atoms with van der Waals surface area (Å²) in [4.78, 5) is 16.1. The number of oxazole rings is 1. The number of rotatable bonds is 6. The molecule has 0 atom stereocenters. The Bertz CT molecular complexity index is 992. The monoisotopic (exact) mass is 371 g/mol. The Balaban J connectivity index is 1.56. The summed E-state index contributed by atoms with van der Waals surface area (Å²) in [5.74, 6) is 1.10. The molecule has 3 aromatic rings. The summed E-state index contributed by atoms with van der Waals surface area (Å²) in [5, 5.41) is -0.903. The number of hydrogen-bond donors (Lipinski definition) is 0. The van der Waals surface area contributed by atoms with Crippen LogP contribution in [0.25, 0.3) is 11.5 Å². The number of aromatic nitrogens is 1. The SMILES string of the molecule is CS(=O)(=O)C(=O)c1ccc(OCCc2coc(-c3ccccc3)n2)cc1. The van der Waals surface area contributed by atoms with Gasteiger partial charge in [-0.2, -0.15) is 0 Å². The van der Waals surface area contributed by atoms with Crippen molar-refractivity contribution in [1.82, 2.24) is 4.98 Å². The third-order valence-electron chi connectivity index (χ3n) is 3.63. The Hall–Kier alpha value is -2.93. The summed E-state index contributed by atoms with van der Waals surface area (Å²) in [5.41, 5.74) is 1.79. The number of carbonyl (C=O) groups is 1. The number of ether oxygens (including phenoxy) is 1. The first-order valence-corrected chi connectivity index (χ1v) is 9.80. The third kappa shape index (κ3) is 4.37. The van der Waals surface area contributed by atoms with Crippen molar-refractivity contribution >= 4 is 15.0 Å². The molecule has 3 rings (SSSR count). The first-order chi connectivity index (χ1) is 12.4. The zero-order valence-electron chi connectivity index (χ0n) is 14.1. The van der Waals surface area contributed by atoms with Crippen LogP contribution in [0.5, 0.6) is 5.75 Å².